The van der Waals surface area contributed by atoms with Gasteiger partial charge in [-0.3, -0.25) is 0 Å². The molecule has 0 N–H and O–H groups in total. The third-order valence-corrected chi connectivity index (χ3v) is 0. The summed E-state index contributed by atoms with van der Waals surface area (Å²) in [7, 11) is -24.7. The van der Waals surface area contributed by atoms with Gasteiger partial charge in [0.1, 0.15) is 0 Å². The molecule has 25 nitrogen and oxygen atoms in total. The summed E-state index contributed by atoms with van der Waals surface area (Å²) in [6, 6.07) is 0. The van der Waals surface area contributed by atoms with Crippen LogP contribution in [0.5, 0.6) is 0 Å². The van der Waals surface area contributed by atoms with Gasteiger partial charge in [-0.05, 0) is 0 Å². The molecule has 0 aromatic rings. The van der Waals surface area contributed by atoms with Crippen LogP contribution in [-0.4, -0.2) is 0 Å². The number of halogens is 5. The first kappa shape index (κ1) is 90.5. The molecule has 0 aromatic carbocycles. The van der Waals surface area contributed by atoms with Crippen molar-refractivity contribution in [2.24, 2.45) is 0 Å². The summed E-state index contributed by atoms with van der Waals surface area (Å²) in [6.07, 6.45) is 0. The third-order valence-electron chi connectivity index (χ3n) is 0. The van der Waals surface area contributed by atoms with Gasteiger partial charge in [-0.2, -0.15) is 0 Å². The van der Waals surface area contributed by atoms with Crippen molar-refractivity contribution < 1.29 is 234 Å². The van der Waals surface area contributed by atoms with E-state index in [0.29, 0.717) is 0 Å². The Labute approximate surface area is 262 Å². The largest absolute Gasteiger partial charge is 5.00 e. The standard InChI is InChI=1S/5ClHO4.5N.4Ta/c5*2-1(3,4)5;;;;;;;;;/h5*(H,2,3,4,5);;;;;;;;;/q;;;;;5*-3;4*+5/p-5. The van der Waals surface area contributed by atoms with E-state index in [0.717, 1.165) is 0 Å². The maximum atomic E-state index is 8.49. The van der Waals surface area contributed by atoms with Gasteiger partial charge < -0.3 is 30.8 Å². The summed E-state index contributed by atoms with van der Waals surface area (Å²) in [6.45, 7) is 0. The normalized spacial score (nSPS) is 8.82. The van der Waals surface area contributed by atoms with E-state index in [1.54, 1.807) is 0 Å². The number of nitrogens with zero attached hydrogens (tertiary/aromatic N) is 5. The second kappa shape index (κ2) is 40.9. The molecule has 34 heteroatoms. The molecule has 34 heavy (non-hydrogen) atoms. The Morgan fingerprint density at radius 1 is 0.176 bits per heavy atom. The first-order valence-corrected chi connectivity index (χ1v) is 9.26. The molecule has 0 aliphatic heterocycles. The SMILES string of the molecule is [N-3].[N-3].[N-3].[N-3].[N-3].[O-][Cl+3]([O-])([O-])[O-].[O-][Cl+3]([O-])([O-])[O-].[O-][Cl+3]([O-])([O-])[O-].[O-][Cl+3]([O-])([O-])[O-].[O-][Cl+3]([O-])([O-])[O-].[Ta+5].[Ta+5].[Ta+5].[Ta+5]. The van der Waals surface area contributed by atoms with Crippen LogP contribution in [0, 0.1) is 51.2 Å². The molecule has 0 radical (unpaired) electrons. The Balaban J connectivity index is -0.0000000115. The van der Waals surface area contributed by atoms with Crippen LogP contribution < -0.4 is 93.2 Å². The fourth-order valence-electron chi connectivity index (χ4n) is 0. The van der Waals surface area contributed by atoms with E-state index in [9.17, 15) is 0 Å². The summed E-state index contributed by atoms with van der Waals surface area (Å²) < 4.78 is 170. The van der Waals surface area contributed by atoms with Crippen molar-refractivity contribution in [1.82, 2.24) is 0 Å². The maximum Gasteiger partial charge on any atom is 5.00 e. The first-order valence-electron chi connectivity index (χ1n) is 3.09. The molecule has 0 saturated heterocycles. The van der Waals surface area contributed by atoms with Gasteiger partial charge in [0.25, 0.3) is 0 Å². The van der Waals surface area contributed by atoms with Crippen molar-refractivity contribution in [2.45, 2.75) is 0 Å². The smallest absolute Gasteiger partial charge is 3.00 e. The van der Waals surface area contributed by atoms with Crippen molar-refractivity contribution in [3.63, 3.8) is 0 Å². The summed E-state index contributed by atoms with van der Waals surface area (Å²) in [5.74, 6) is 0. The van der Waals surface area contributed by atoms with Gasteiger partial charge in [-0.15, -0.1) is 51.2 Å². The minimum Gasteiger partial charge on any atom is -3.00 e. The van der Waals surface area contributed by atoms with Gasteiger partial charge in [-0.1, -0.05) is 0 Å². The van der Waals surface area contributed by atoms with Gasteiger partial charge in [0.05, 0.1) is 0 Å². The second-order valence-corrected chi connectivity index (χ2v) is 5.67. The molecule has 0 spiro atoms. The van der Waals surface area contributed by atoms with E-state index < -0.39 is 51.2 Å². The van der Waals surface area contributed by atoms with Crippen LogP contribution in [0.3, 0.4) is 0 Å². The van der Waals surface area contributed by atoms with E-state index >= 15 is 0 Å². The van der Waals surface area contributed by atoms with Crippen LogP contribution in [-0.2, 0) is 89.5 Å². The summed E-state index contributed by atoms with van der Waals surface area (Å²) >= 11 is 0. The quantitative estimate of drug-likeness (QED) is 0.217. The van der Waals surface area contributed by atoms with Gasteiger partial charge in [0.15, 0.2) is 0 Å². The molecule has 0 aliphatic carbocycles. The minimum atomic E-state index is -4.94. The predicted octanol–water partition coefficient (Wildman–Crippen LogP) is -22.3. The van der Waals surface area contributed by atoms with Gasteiger partial charge in [0.2, 0.25) is 0 Å². The molecule has 0 heterocycles. The number of hydrogen-bond donors (Lipinski definition) is 0. The van der Waals surface area contributed by atoms with Gasteiger partial charge in [0, 0.05) is 0 Å². The van der Waals surface area contributed by atoms with Crippen molar-refractivity contribution in [1.29, 1.82) is 0 Å². The van der Waals surface area contributed by atoms with Gasteiger partial charge in [-0.25, -0.2) is 93.2 Å². The molecule has 0 bridgehead atoms. The molecule has 0 unspecified atom stereocenters. The van der Waals surface area contributed by atoms with Crippen molar-refractivity contribution >= 4 is 0 Å². The zero-order chi connectivity index (χ0) is 22.5. The molecule has 0 aliphatic rings. The molecule has 0 saturated carbocycles. The first-order chi connectivity index (χ1) is 10.0. The molecule has 0 atom stereocenters. The Morgan fingerprint density at radius 3 is 0.176 bits per heavy atom. The average molecular weight is 1290 g/mol. The van der Waals surface area contributed by atoms with E-state index in [4.69, 9.17) is 93.2 Å². The summed E-state index contributed by atoms with van der Waals surface area (Å²) in [5.41, 5.74) is 0. The third kappa shape index (κ3) is 3600. The Morgan fingerprint density at radius 2 is 0.176 bits per heavy atom. The summed E-state index contributed by atoms with van der Waals surface area (Å²) in [5, 5.41) is 0. The molecular formula is Cl5N5O20Ta4. The minimum absolute atomic E-state index is 0. The van der Waals surface area contributed by atoms with Crippen LogP contribution in [0.4, 0.5) is 0 Å². The Bertz CT molecular complexity index is 203. The monoisotopic (exact) mass is 1290 g/mol. The van der Waals surface area contributed by atoms with E-state index in [2.05, 4.69) is 0 Å². The zero-order valence-electron chi connectivity index (χ0n) is 14.1. The van der Waals surface area contributed by atoms with E-state index in [1.165, 1.54) is 0 Å². The molecule has 0 rings (SSSR count). The summed E-state index contributed by atoms with van der Waals surface area (Å²) in [4.78, 5) is 0. The molecule has 0 amide bonds. The number of rotatable bonds is 0. The molecule has 0 fully saturated rings. The van der Waals surface area contributed by atoms with Crippen LogP contribution in [0.25, 0.3) is 30.8 Å². The molecular weight excluding hydrogens is 1290 g/mol. The molecule has 200 valence electrons. The zero-order valence-corrected chi connectivity index (χ0v) is 30.7. The van der Waals surface area contributed by atoms with Crippen LogP contribution in [0.1, 0.15) is 0 Å². The topological polar surface area (TPSA) is 614 Å². The Hall–Kier alpha value is 3.41. The average Bonchev–Trinajstić information content (AvgIpc) is 1.79. The van der Waals surface area contributed by atoms with Crippen LogP contribution in [0.2, 0.25) is 0 Å². The van der Waals surface area contributed by atoms with Gasteiger partial charge >= 0.3 is 89.5 Å². The van der Waals surface area contributed by atoms with Crippen molar-refractivity contribution in [3.8, 4) is 0 Å². The fraction of sp³-hybridized carbons (Fsp3) is 0. The van der Waals surface area contributed by atoms with Crippen LogP contribution in [0.15, 0.2) is 0 Å². The van der Waals surface area contributed by atoms with E-state index in [-0.39, 0.29) is 120 Å². The predicted molar refractivity (Wildman–Crippen MR) is 16.8 cm³/mol. The maximum absolute atomic E-state index is 8.49. The second-order valence-electron chi connectivity index (χ2n) is 1.89. The number of hydrogen-bond acceptors (Lipinski definition) is 20. The van der Waals surface area contributed by atoms with Crippen LogP contribution >= 0.6 is 0 Å². The molecule has 0 aromatic heterocycles. The fourth-order valence-corrected chi connectivity index (χ4v) is 0. The van der Waals surface area contributed by atoms with E-state index in [1.807, 2.05) is 0 Å². The Kier molecular flexibility index (Phi) is 109. The van der Waals surface area contributed by atoms with Crippen molar-refractivity contribution in [2.75, 3.05) is 0 Å². The van der Waals surface area contributed by atoms with Crippen molar-refractivity contribution in [3.05, 3.63) is 30.8 Å².